The van der Waals surface area contributed by atoms with Crippen molar-refractivity contribution in [1.29, 1.82) is 0 Å². The van der Waals surface area contributed by atoms with Crippen molar-refractivity contribution >= 4 is 17.7 Å². The van der Waals surface area contributed by atoms with Gasteiger partial charge in [-0.05, 0) is 37.3 Å². The van der Waals surface area contributed by atoms with Gasteiger partial charge in [-0.2, -0.15) is 13.2 Å². The van der Waals surface area contributed by atoms with E-state index in [2.05, 4.69) is 15.3 Å². The molecule has 0 fully saturated rings. The van der Waals surface area contributed by atoms with Gasteiger partial charge in [-0.15, -0.1) is 0 Å². The average Bonchev–Trinajstić information content (AvgIpc) is 2.65. The third-order valence-electron chi connectivity index (χ3n) is 3.54. The molecule has 0 bridgehead atoms. The van der Waals surface area contributed by atoms with E-state index < -0.39 is 11.9 Å². The molecular formula is C18H20F3N3O3S. The second kappa shape index (κ2) is 9.74. The minimum Gasteiger partial charge on any atom is -0.497 e. The summed E-state index contributed by atoms with van der Waals surface area (Å²) in [4.78, 5) is 19.6. The van der Waals surface area contributed by atoms with Gasteiger partial charge in [0.05, 0.1) is 25.2 Å². The number of aromatic nitrogens is 2. The van der Waals surface area contributed by atoms with Crippen molar-refractivity contribution in [1.82, 2.24) is 15.3 Å². The lowest BCUT2D eigenvalue weighted by Gasteiger charge is -2.13. The van der Waals surface area contributed by atoms with Crippen LogP contribution in [0, 0.1) is 0 Å². The molecule has 1 aromatic heterocycles. The average molecular weight is 415 g/mol. The lowest BCUT2D eigenvalue weighted by molar-refractivity contribution is -0.141. The minimum absolute atomic E-state index is 0.112. The number of thioether (sulfide) groups is 1. The molecule has 1 amide bonds. The summed E-state index contributed by atoms with van der Waals surface area (Å²) in [6.45, 7) is 2.09. The van der Waals surface area contributed by atoms with Crippen molar-refractivity contribution in [3.8, 4) is 17.0 Å². The van der Waals surface area contributed by atoms with Crippen LogP contribution in [0.15, 0.2) is 35.5 Å². The molecule has 0 aliphatic heterocycles. The van der Waals surface area contributed by atoms with Crippen LogP contribution in [0.2, 0.25) is 0 Å². The Balaban J connectivity index is 2.22. The molecule has 0 spiro atoms. The Labute approximate surface area is 164 Å². The van der Waals surface area contributed by atoms with Crippen LogP contribution in [-0.4, -0.2) is 48.5 Å². The van der Waals surface area contributed by atoms with E-state index in [0.717, 1.165) is 17.8 Å². The van der Waals surface area contributed by atoms with E-state index in [4.69, 9.17) is 9.47 Å². The summed E-state index contributed by atoms with van der Waals surface area (Å²) in [6, 6.07) is 7.14. The van der Waals surface area contributed by atoms with Crippen molar-refractivity contribution in [2.45, 2.75) is 24.3 Å². The predicted octanol–water partition coefficient (Wildman–Crippen LogP) is 3.41. The van der Waals surface area contributed by atoms with Crippen LogP contribution in [0.4, 0.5) is 13.2 Å². The number of alkyl halides is 3. The Morgan fingerprint density at radius 1 is 1.21 bits per heavy atom. The van der Waals surface area contributed by atoms with Crippen LogP contribution in [0.3, 0.4) is 0 Å². The zero-order valence-electron chi connectivity index (χ0n) is 15.5. The van der Waals surface area contributed by atoms with Crippen LogP contribution < -0.4 is 10.1 Å². The maximum atomic E-state index is 13.2. The van der Waals surface area contributed by atoms with Crippen LogP contribution in [0.1, 0.15) is 12.6 Å². The number of ether oxygens (including phenoxy) is 2. The highest BCUT2D eigenvalue weighted by Crippen LogP contribution is 2.32. The number of benzene rings is 1. The molecule has 0 aliphatic carbocycles. The number of carbonyl (C=O) groups excluding carboxylic acids is 1. The summed E-state index contributed by atoms with van der Waals surface area (Å²) in [5.74, 6) is 0.115. The second-order valence-corrected chi connectivity index (χ2v) is 6.80. The molecule has 0 saturated carbocycles. The van der Waals surface area contributed by atoms with E-state index in [1.54, 1.807) is 31.2 Å². The predicted molar refractivity (Wildman–Crippen MR) is 99.2 cm³/mol. The molecule has 2 rings (SSSR count). The van der Waals surface area contributed by atoms with Crippen molar-refractivity contribution in [3.05, 3.63) is 36.0 Å². The SMILES string of the molecule is COC[C@@H](C)NC(=O)CSc1nc(-c2ccc(OC)cc2)cc(C(F)(F)F)n1. The van der Waals surface area contributed by atoms with E-state index >= 15 is 0 Å². The Morgan fingerprint density at radius 3 is 2.46 bits per heavy atom. The van der Waals surface area contributed by atoms with Crippen molar-refractivity contribution in [2.75, 3.05) is 26.6 Å². The summed E-state index contributed by atoms with van der Waals surface area (Å²) < 4.78 is 49.6. The van der Waals surface area contributed by atoms with Crippen LogP contribution in [0.5, 0.6) is 5.75 Å². The molecule has 6 nitrogen and oxygen atoms in total. The first-order valence-electron chi connectivity index (χ1n) is 8.24. The lowest BCUT2D eigenvalue weighted by Crippen LogP contribution is -2.36. The number of amides is 1. The van der Waals surface area contributed by atoms with E-state index in [1.807, 2.05) is 0 Å². The fourth-order valence-electron chi connectivity index (χ4n) is 2.28. The maximum Gasteiger partial charge on any atom is 0.433 e. The largest absolute Gasteiger partial charge is 0.497 e. The van der Waals surface area contributed by atoms with Gasteiger partial charge in [0, 0.05) is 18.7 Å². The number of halogens is 3. The number of rotatable bonds is 8. The summed E-state index contributed by atoms with van der Waals surface area (Å²) >= 11 is 0.836. The van der Waals surface area contributed by atoms with Gasteiger partial charge >= 0.3 is 6.18 Å². The molecule has 0 saturated heterocycles. The van der Waals surface area contributed by atoms with Crippen LogP contribution in [-0.2, 0) is 15.7 Å². The number of nitrogens with one attached hydrogen (secondary N) is 1. The highest BCUT2D eigenvalue weighted by Gasteiger charge is 2.34. The lowest BCUT2D eigenvalue weighted by atomic mass is 10.1. The maximum absolute atomic E-state index is 13.2. The van der Waals surface area contributed by atoms with Gasteiger partial charge in [-0.3, -0.25) is 4.79 Å². The van der Waals surface area contributed by atoms with Crippen molar-refractivity contribution < 1.29 is 27.4 Å². The third-order valence-corrected chi connectivity index (χ3v) is 4.39. The highest BCUT2D eigenvalue weighted by atomic mass is 32.2. The fourth-order valence-corrected chi connectivity index (χ4v) is 2.95. The molecule has 28 heavy (non-hydrogen) atoms. The Hall–Kier alpha value is -2.33. The number of hydrogen-bond acceptors (Lipinski definition) is 6. The van der Waals surface area contributed by atoms with Crippen LogP contribution in [0.25, 0.3) is 11.3 Å². The third kappa shape index (κ3) is 6.38. The first-order valence-corrected chi connectivity index (χ1v) is 9.23. The van der Waals surface area contributed by atoms with Crippen molar-refractivity contribution in [2.24, 2.45) is 0 Å². The number of nitrogens with zero attached hydrogens (tertiary/aromatic N) is 2. The smallest absolute Gasteiger partial charge is 0.433 e. The van der Waals surface area contributed by atoms with Gasteiger partial charge in [0.2, 0.25) is 5.91 Å². The number of hydrogen-bond donors (Lipinski definition) is 1. The molecule has 1 aromatic carbocycles. The molecule has 1 atom stereocenters. The molecule has 10 heteroatoms. The van der Waals surface area contributed by atoms with Gasteiger partial charge in [0.25, 0.3) is 0 Å². The van der Waals surface area contributed by atoms with Gasteiger partial charge in [0.1, 0.15) is 11.4 Å². The first-order chi connectivity index (χ1) is 13.2. The van der Waals surface area contributed by atoms with Crippen LogP contribution >= 0.6 is 11.8 Å². The molecule has 1 heterocycles. The Morgan fingerprint density at radius 2 is 1.89 bits per heavy atom. The van der Waals surface area contributed by atoms with E-state index in [0.29, 0.717) is 17.9 Å². The Kier molecular flexibility index (Phi) is 7.64. The normalized spacial score (nSPS) is 12.5. The second-order valence-electron chi connectivity index (χ2n) is 5.86. The van der Waals surface area contributed by atoms with Gasteiger partial charge < -0.3 is 14.8 Å². The Bertz CT molecular complexity index is 801. The summed E-state index contributed by atoms with van der Waals surface area (Å²) in [5.41, 5.74) is -0.474. The van der Waals surface area contributed by atoms with Gasteiger partial charge in [-0.25, -0.2) is 9.97 Å². The molecule has 2 aromatic rings. The summed E-state index contributed by atoms with van der Waals surface area (Å²) in [6.07, 6.45) is -4.63. The van der Waals surface area contributed by atoms with E-state index in [9.17, 15) is 18.0 Å². The minimum atomic E-state index is -4.63. The molecular weight excluding hydrogens is 395 g/mol. The van der Waals surface area contributed by atoms with Gasteiger partial charge in [-0.1, -0.05) is 11.8 Å². The summed E-state index contributed by atoms with van der Waals surface area (Å²) in [5, 5.41) is 2.55. The molecule has 1 N–H and O–H groups in total. The first kappa shape index (κ1) is 22.0. The summed E-state index contributed by atoms with van der Waals surface area (Å²) in [7, 11) is 3.00. The highest BCUT2D eigenvalue weighted by molar-refractivity contribution is 7.99. The molecule has 0 radical (unpaired) electrons. The fraction of sp³-hybridized carbons (Fsp3) is 0.389. The molecule has 152 valence electrons. The van der Waals surface area contributed by atoms with Gasteiger partial charge in [0.15, 0.2) is 5.16 Å². The van der Waals surface area contributed by atoms with E-state index in [1.165, 1.54) is 14.2 Å². The quantitative estimate of drug-likeness (QED) is 0.526. The monoisotopic (exact) mass is 415 g/mol. The van der Waals surface area contributed by atoms with Crippen molar-refractivity contribution in [3.63, 3.8) is 0 Å². The number of methoxy groups -OCH3 is 2. The standard InChI is InChI=1S/C18H20F3N3O3S/c1-11(9-26-2)22-16(25)10-28-17-23-14(8-15(24-17)18(19,20)21)12-4-6-13(27-3)7-5-12/h4-8,11H,9-10H2,1-3H3,(H,22,25)/t11-/m1/s1. The zero-order valence-corrected chi connectivity index (χ0v) is 16.4. The molecule has 0 unspecified atom stereocenters. The number of carbonyl (C=O) groups is 1. The van der Waals surface area contributed by atoms with E-state index in [-0.39, 0.29) is 28.6 Å². The topological polar surface area (TPSA) is 73.3 Å². The zero-order chi connectivity index (χ0) is 20.7. The molecule has 0 aliphatic rings.